The summed E-state index contributed by atoms with van der Waals surface area (Å²) in [5, 5.41) is 8.81. The van der Waals surface area contributed by atoms with Gasteiger partial charge in [-0.3, -0.25) is 4.90 Å². The Balaban J connectivity index is 2.19. The second-order valence-electron chi connectivity index (χ2n) is 3.92. The SMILES string of the molecule is CN(CCO)Cc1cn2cc(N)ccc2n1. The van der Waals surface area contributed by atoms with E-state index in [0.717, 1.165) is 23.6 Å². The summed E-state index contributed by atoms with van der Waals surface area (Å²) >= 11 is 0. The van der Waals surface area contributed by atoms with Gasteiger partial charge in [-0.05, 0) is 19.2 Å². The molecule has 16 heavy (non-hydrogen) atoms. The number of fused-ring (bicyclic) bond motifs is 1. The van der Waals surface area contributed by atoms with Crippen molar-refractivity contribution in [2.75, 3.05) is 25.9 Å². The van der Waals surface area contributed by atoms with Crippen molar-refractivity contribution in [3.05, 3.63) is 30.2 Å². The van der Waals surface area contributed by atoms with Crippen LogP contribution in [-0.2, 0) is 6.54 Å². The lowest BCUT2D eigenvalue weighted by atomic mass is 10.4. The van der Waals surface area contributed by atoms with Gasteiger partial charge >= 0.3 is 0 Å². The third kappa shape index (κ3) is 2.32. The summed E-state index contributed by atoms with van der Waals surface area (Å²) in [4.78, 5) is 6.48. The first-order chi connectivity index (χ1) is 7.69. The van der Waals surface area contributed by atoms with Crippen molar-refractivity contribution in [1.29, 1.82) is 0 Å². The van der Waals surface area contributed by atoms with Crippen molar-refractivity contribution >= 4 is 11.3 Å². The fraction of sp³-hybridized carbons (Fsp3) is 0.364. The second-order valence-corrected chi connectivity index (χ2v) is 3.92. The van der Waals surface area contributed by atoms with Crippen molar-refractivity contribution in [3.63, 3.8) is 0 Å². The van der Waals surface area contributed by atoms with Crippen LogP contribution in [0.4, 0.5) is 5.69 Å². The van der Waals surface area contributed by atoms with Crippen molar-refractivity contribution in [3.8, 4) is 0 Å². The standard InChI is InChI=1S/C11H16N4O/c1-14(4-5-16)7-10-8-15-6-9(12)2-3-11(15)13-10/h2-3,6,8,16H,4-5,7,12H2,1H3. The van der Waals surface area contributed by atoms with E-state index in [4.69, 9.17) is 10.8 Å². The number of nitrogens with zero attached hydrogens (tertiary/aromatic N) is 3. The molecule has 0 amide bonds. The number of rotatable bonds is 4. The Labute approximate surface area is 94.1 Å². The molecular formula is C11H16N4O. The van der Waals surface area contributed by atoms with Gasteiger partial charge in [-0.15, -0.1) is 0 Å². The zero-order valence-electron chi connectivity index (χ0n) is 9.30. The van der Waals surface area contributed by atoms with Gasteiger partial charge in [0.15, 0.2) is 0 Å². The maximum absolute atomic E-state index is 8.81. The molecule has 0 saturated heterocycles. The lowest BCUT2D eigenvalue weighted by Crippen LogP contribution is -2.21. The van der Waals surface area contributed by atoms with Gasteiger partial charge in [0.1, 0.15) is 5.65 Å². The largest absolute Gasteiger partial charge is 0.398 e. The highest BCUT2D eigenvalue weighted by molar-refractivity contribution is 5.48. The number of aliphatic hydroxyl groups is 1. The molecule has 2 aromatic heterocycles. The molecule has 3 N–H and O–H groups in total. The molecule has 0 aliphatic heterocycles. The molecule has 0 unspecified atom stereocenters. The summed E-state index contributed by atoms with van der Waals surface area (Å²) in [6, 6.07) is 3.73. The number of aliphatic hydroxyl groups excluding tert-OH is 1. The zero-order valence-corrected chi connectivity index (χ0v) is 9.30. The molecule has 0 spiro atoms. The smallest absolute Gasteiger partial charge is 0.137 e. The van der Waals surface area contributed by atoms with Crippen LogP contribution in [0.15, 0.2) is 24.5 Å². The molecule has 2 heterocycles. The summed E-state index contributed by atoms with van der Waals surface area (Å²) < 4.78 is 1.91. The molecule has 0 saturated carbocycles. The third-order valence-corrected chi connectivity index (χ3v) is 2.44. The average Bonchev–Trinajstić information content (AvgIpc) is 2.59. The Morgan fingerprint density at radius 2 is 2.25 bits per heavy atom. The van der Waals surface area contributed by atoms with Crippen LogP contribution in [0.5, 0.6) is 0 Å². The number of imidazole rings is 1. The second kappa shape index (κ2) is 4.51. The highest BCUT2D eigenvalue weighted by atomic mass is 16.3. The maximum atomic E-state index is 8.81. The Kier molecular flexibility index (Phi) is 3.07. The summed E-state index contributed by atoms with van der Waals surface area (Å²) in [6.45, 7) is 1.54. The molecule has 0 radical (unpaired) electrons. The first-order valence-electron chi connectivity index (χ1n) is 5.21. The van der Waals surface area contributed by atoms with Gasteiger partial charge in [-0.1, -0.05) is 0 Å². The summed E-state index contributed by atoms with van der Waals surface area (Å²) in [5.41, 5.74) is 8.28. The Morgan fingerprint density at radius 3 is 3.00 bits per heavy atom. The fourth-order valence-electron chi connectivity index (χ4n) is 1.66. The normalized spacial score (nSPS) is 11.4. The number of pyridine rings is 1. The minimum Gasteiger partial charge on any atom is -0.398 e. The molecule has 2 aromatic rings. The van der Waals surface area contributed by atoms with Crippen molar-refractivity contribution in [2.24, 2.45) is 0 Å². The number of nitrogen functional groups attached to an aromatic ring is 1. The van der Waals surface area contributed by atoms with Crippen LogP contribution in [0, 0.1) is 0 Å². The lowest BCUT2D eigenvalue weighted by Gasteiger charge is -2.12. The van der Waals surface area contributed by atoms with Gasteiger partial charge in [0, 0.05) is 31.2 Å². The molecule has 0 atom stereocenters. The summed E-state index contributed by atoms with van der Waals surface area (Å²) in [6.07, 6.45) is 3.80. The van der Waals surface area contributed by atoms with Gasteiger partial charge in [-0.25, -0.2) is 4.98 Å². The Morgan fingerprint density at radius 1 is 1.44 bits per heavy atom. The number of likely N-dealkylation sites (N-methyl/N-ethyl adjacent to an activating group) is 1. The van der Waals surface area contributed by atoms with E-state index in [1.807, 2.05) is 40.9 Å². The van der Waals surface area contributed by atoms with E-state index in [-0.39, 0.29) is 6.61 Å². The van der Waals surface area contributed by atoms with Crippen LogP contribution >= 0.6 is 0 Å². The fourth-order valence-corrected chi connectivity index (χ4v) is 1.66. The summed E-state index contributed by atoms with van der Waals surface area (Å²) in [5.74, 6) is 0. The number of hydrogen-bond acceptors (Lipinski definition) is 4. The highest BCUT2D eigenvalue weighted by Gasteiger charge is 2.04. The zero-order chi connectivity index (χ0) is 11.5. The molecule has 0 fully saturated rings. The molecule has 5 nitrogen and oxygen atoms in total. The predicted octanol–water partition coefficient (Wildman–Crippen LogP) is 0.341. The highest BCUT2D eigenvalue weighted by Crippen LogP contribution is 2.09. The molecule has 0 aliphatic rings. The quantitative estimate of drug-likeness (QED) is 0.779. The van der Waals surface area contributed by atoms with Crippen molar-refractivity contribution < 1.29 is 5.11 Å². The average molecular weight is 220 g/mol. The number of aromatic nitrogens is 2. The van der Waals surface area contributed by atoms with Crippen LogP contribution < -0.4 is 5.73 Å². The van der Waals surface area contributed by atoms with Crippen LogP contribution in [0.2, 0.25) is 0 Å². The van der Waals surface area contributed by atoms with Gasteiger partial charge in [0.25, 0.3) is 0 Å². The minimum absolute atomic E-state index is 0.164. The predicted molar refractivity (Wildman–Crippen MR) is 63.0 cm³/mol. The third-order valence-electron chi connectivity index (χ3n) is 2.44. The van der Waals surface area contributed by atoms with E-state index in [2.05, 4.69) is 4.98 Å². The van der Waals surface area contributed by atoms with Crippen LogP contribution in [0.3, 0.4) is 0 Å². The van der Waals surface area contributed by atoms with Gasteiger partial charge in [0.05, 0.1) is 12.3 Å². The van der Waals surface area contributed by atoms with E-state index in [9.17, 15) is 0 Å². The van der Waals surface area contributed by atoms with E-state index >= 15 is 0 Å². The molecule has 0 aliphatic carbocycles. The maximum Gasteiger partial charge on any atom is 0.137 e. The lowest BCUT2D eigenvalue weighted by molar-refractivity contribution is 0.216. The van der Waals surface area contributed by atoms with E-state index in [1.165, 1.54) is 0 Å². The van der Waals surface area contributed by atoms with Gasteiger partial charge in [0.2, 0.25) is 0 Å². The Bertz CT molecular complexity index is 480. The molecule has 0 aromatic carbocycles. The minimum atomic E-state index is 0.164. The van der Waals surface area contributed by atoms with Crippen molar-refractivity contribution in [1.82, 2.24) is 14.3 Å². The molecule has 5 heteroatoms. The molecule has 2 rings (SSSR count). The van der Waals surface area contributed by atoms with Crippen LogP contribution in [-0.4, -0.2) is 39.6 Å². The first kappa shape index (κ1) is 10.9. The van der Waals surface area contributed by atoms with E-state index in [0.29, 0.717) is 6.54 Å². The van der Waals surface area contributed by atoms with Gasteiger partial charge < -0.3 is 15.2 Å². The number of hydrogen-bond donors (Lipinski definition) is 2. The number of anilines is 1. The van der Waals surface area contributed by atoms with E-state index < -0.39 is 0 Å². The molecule has 0 bridgehead atoms. The van der Waals surface area contributed by atoms with Crippen molar-refractivity contribution in [2.45, 2.75) is 6.54 Å². The van der Waals surface area contributed by atoms with Crippen LogP contribution in [0.25, 0.3) is 5.65 Å². The first-order valence-corrected chi connectivity index (χ1v) is 5.21. The molecular weight excluding hydrogens is 204 g/mol. The monoisotopic (exact) mass is 220 g/mol. The van der Waals surface area contributed by atoms with Crippen LogP contribution in [0.1, 0.15) is 5.69 Å². The Hall–Kier alpha value is -1.59. The topological polar surface area (TPSA) is 66.8 Å². The number of nitrogens with two attached hydrogens (primary N) is 1. The summed E-state index contributed by atoms with van der Waals surface area (Å²) in [7, 11) is 1.95. The van der Waals surface area contributed by atoms with E-state index in [1.54, 1.807) is 0 Å². The van der Waals surface area contributed by atoms with Gasteiger partial charge in [-0.2, -0.15) is 0 Å². The molecule has 86 valence electrons.